The van der Waals surface area contributed by atoms with Gasteiger partial charge in [0.15, 0.2) is 0 Å². The predicted octanol–water partition coefficient (Wildman–Crippen LogP) is 0.159. The number of carbonyl (C=O) groups is 1. The van der Waals surface area contributed by atoms with Crippen LogP contribution in [0.25, 0.3) is 11.1 Å². The van der Waals surface area contributed by atoms with Gasteiger partial charge in [-0.2, -0.15) is 0 Å². The maximum Gasteiger partial charge on any atom is 0.307 e. The third-order valence-corrected chi connectivity index (χ3v) is 4.57. The molecule has 1 aliphatic rings. The topological polar surface area (TPSA) is 137 Å². The Balaban J connectivity index is 1.88. The molecule has 0 aromatic heterocycles. The molecule has 2 aromatic carbocycles. The number of hydrogen-bond acceptors (Lipinski definition) is 7. The first-order chi connectivity index (χ1) is 13.4. The van der Waals surface area contributed by atoms with Gasteiger partial charge in [0.05, 0.1) is 13.0 Å². The van der Waals surface area contributed by atoms with Crippen LogP contribution in [0.5, 0.6) is 5.75 Å². The van der Waals surface area contributed by atoms with Crippen LogP contribution in [0, 0.1) is 0 Å². The highest BCUT2D eigenvalue weighted by Crippen LogP contribution is 2.33. The summed E-state index contributed by atoms with van der Waals surface area (Å²) in [4.78, 5) is 11.0. The molecule has 0 amide bonds. The van der Waals surface area contributed by atoms with Crippen LogP contribution in [-0.4, -0.2) is 68.8 Å². The van der Waals surface area contributed by atoms with Gasteiger partial charge in [0.1, 0.15) is 30.2 Å². The van der Waals surface area contributed by atoms with Crippen molar-refractivity contribution in [3.05, 3.63) is 54.1 Å². The molecular formula is C20H22O8. The fourth-order valence-electron chi connectivity index (χ4n) is 3.12. The molecule has 5 N–H and O–H groups in total. The van der Waals surface area contributed by atoms with Gasteiger partial charge in [-0.15, -0.1) is 0 Å². The highest BCUT2D eigenvalue weighted by molar-refractivity contribution is 5.74. The van der Waals surface area contributed by atoms with Crippen molar-refractivity contribution in [2.45, 2.75) is 37.1 Å². The summed E-state index contributed by atoms with van der Waals surface area (Å²) in [5.74, 6) is -0.609. The summed E-state index contributed by atoms with van der Waals surface area (Å²) in [6.07, 6.45) is -7.04. The van der Waals surface area contributed by atoms with Gasteiger partial charge in [0.2, 0.25) is 6.29 Å². The van der Waals surface area contributed by atoms with Crippen LogP contribution in [0.2, 0.25) is 0 Å². The molecule has 1 fully saturated rings. The molecule has 0 aliphatic carbocycles. The minimum atomic E-state index is -1.54. The molecule has 150 valence electrons. The minimum Gasteiger partial charge on any atom is -0.481 e. The molecular weight excluding hydrogens is 368 g/mol. The Morgan fingerprint density at radius 3 is 2.46 bits per heavy atom. The zero-order valence-electron chi connectivity index (χ0n) is 14.9. The lowest BCUT2D eigenvalue weighted by atomic mass is 9.99. The van der Waals surface area contributed by atoms with Crippen molar-refractivity contribution in [1.29, 1.82) is 0 Å². The quantitative estimate of drug-likeness (QED) is 0.470. The molecule has 1 saturated heterocycles. The molecule has 3 rings (SSSR count). The molecule has 3 unspecified atom stereocenters. The molecule has 28 heavy (non-hydrogen) atoms. The molecule has 8 nitrogen and oxygen atoms in total. The highest BCUT2D eigenvalue weighted by atomic mass is 16.7. The lowest BCUT2D eigenvalue weighted by Crippen LogP contribution is -2.60. The summed E-state index contributed by atoms with van der Waals surface area (Å²) in [7, 11) is 0. The van der Waals surface area contributed by atoms with E-state index in [2.05, 4.69) is 0 Å². The van der Waals surface area contributed by atoms with E-state index in [0.717, 1.165) is 0 Å². The Labute approximate surface area is 161 Å². The van der Waals surface area contributed by atoms with Gasteiger partial charge in [-0.25, -0.2) is 0 Å². The second-order valence-electron chi connectivity index (χ2n) is 6.58. The summed E-state index contributed by atoms with van der Waals surface area (Å²) >= 11 is 0. The average Bonchev–Trinajstić information content (AvgIpc) is 2.68. The number of hydrogen-bond donors (Lipinski definition) is 5. The maximum atomic E-state index is 11.0. The number of aliphatic hydroxyl groups is 4. The van der Waals surface area contributed by atoms with Crippen LogP contribution >= 0.6 is 0 Å². The number of aliphatic carboxylic acids is 1. The molecule has 0 bridgehead atoms. The molecule has 1 aliphatic heterocycles. The normalized spacial score (nSPS) is 27.4. The lowest BCUT2D eigenvalue weighted by molar-refractivity contribution is -0.277. The largest absolute Gasteiger partial charge is 0.481 e. The second-order valence-corrected chi connectivity index (χ2v) is 6.58. The van der Waals surface area contributed by atoms with Crippen molar-refractivity contribution < 1.29 is 39.8 Å². The zero-order valence-corrected chi connectivity index (χ0v) is 14.9. The van der Waals surface area contributed by atoms with Crippen LogP contribution < -0.4 is 4.74 Å². The van der Waals surface area contributed by atoms with Crippen molar-refractivity contribution in [1.82, 2.24) is 0 Å². The second kappa shape index (κ2) is 8.68. The number of rotatable bonds is 6. The number of carboxylic acid groups (broad SMARTS) is 1. The number of carboxylic acids is 1. The molecule has 0 saturated carbocycles. The van der Waals surface area contributed by atoms with Crippen molar-refractivity contribution in [3.8, 4) is 16.9 Å². The molecule has 8 heteroatoms. The Hall–Kier alpha value is -2.49. The lowest BCUT2D eigenvalue weighted by Gasteiger charge is -2.39. The van der Waals surface area contributed by atoms with Gasteiger partial charge >= 0.3 is 5.97 Å². The summed E-state index contributed by atoms with van der Waals surface area (Å²) < 4.78 is 11.1. The SMILES string of the molecule is O=C(O)Cc1cccc(-c2ccccc2OC2O[C@H](CO)C(O)C(O)[C@@H]2O)c1. The molecule has 2 aromatic rings. The summed E-state index contributed by atoms with van der Waals surface area (Å²) in [6.45, 7) is -0.552. The zero-order chi connectivity index (χ0) is 20.3. The summed E-state index contributed by atoms with van der Waals surface area (Å²) in [5.41, 5.74) is 1.96. The average molecular weight is 390 g/mol. The molecule has 0 radical (unpaired) electrons. The van der Waals surface area contributed by atoms with E-state index in [1.165, 1.54) is 0 Å². The number of aliphatic hydroxyl groups excluding tert-OH is 4. The predicted molar refractivity (Wildman–Crippen MR) is 97.6 cm³/mol. The van der Waals surface area contributed by atoms with Crippen molar-refractivity contribution in [2.24, 2.45) is 0 Å². The first-order valence-corrected chi connectivity index (χ1v) is 8.78. The number of para-hydroxylation sites is 1. The third kappa shape index (κ3) is 4.32. The van der Waals surface area contributed by atoms with Gasteiger partial charge in [-0.05, 0) is 17.2 Å². The maximum absolute atomic E-state index is 11.0. The van der Waals surface area contributed by atoms with Gasteiger partial charge in [0.25, 0.3) is 0 Å². The highest BCUT2D eigenvalue weighted by Gasteiger charge is 2.44. The minimum absolute atomic E-state index is 0.121. The molecule has 5 atom stereocenters. The Morgan fingerprint density at radius 2 is 1.75 bits per heavy atom. The van der Waals surface area contributed by atoms with Crippen LogP contribution in [0.4, 0.5) is 0 Å². The van der Waals surface area contributed by atoms with E-state index in [1.54, 1.807) is 48.5 Å². The van der Waals surface area contributed by atoms with Gasteiger partial charge in [-0.1, -0.05) is 42.5 Å². The van der Waals surface area contributed by atoms with Crippen LogP contribution in [-0.2, 0) is 16.0 Å². The van der Waals surface area contributed by atoms with Crippen molar-refractivity contribution >= 4 is 5.97 Å². The third-order valence-electron chi connectivity index (χ3n) is 4.57. The van der Waals surface area contributed by atoms with Gasteiger partial charge in [0, 0.05) is 5.56 Å². The van der Waals surface area contributed by atoms with E-state index < -0.39 is 43.3 Å². The summed E-state index contributed by atoms with van der Waals surface area (Å²) in [5, 5.41) is 48.3. The van der Waals surface area contributed by atoms with Gasteiger partial charge in [-0.3, -0.25) is 4.79 Å². The Morgan fingerprint density at radius 1 is 1.00 bits per heavy atom. The van der Waals surface area contributed by atoms with Crippen LogP contribution in [0.1, 0.15) is 5.56 Å². The fourth-order valence-corrected chi connectivity index (χ4v) is 3.12. The Kier molecular flexibility index (Phi) is 6.28. The van der Waals surface area contributed by atoms with Crippen molar-refractivity contribution in [2.75, 3.05) is 6.61 Å². The smallest absolute Gasteiger partial charge is 0.307 e. The van der Waals surface area contributed by atoms with E-state index in [-0.39, 0.29) is 6.42 Å². The first-order valence-electron chi connectivity index (χ1n) is 8.78. The monoisotopic (exact) mass is 390 g/mol. The summed E-state index contributed by atoms with van der Waals surface area (Å²) in [6, 6.07) is 13.9. The first kappa shape index (κ1) is 20.2. The van der Waals surface area contributed by atoms with Gasteiger partial charge < -0.3 is 35.0 Å². The molecule has 0 spiro atoms. The number of ether oxygens (including phenoxy) is 2. The van der Waals surface area contributed by atoms with E-state index in [9.17, 15) is 25.2 Å². The van der Waals surface area contributed by atoms with Crippen LogP contribution in [0.15, 0.2) is 48.5 Å². The van der Waals surface area contributed by atoms with E-state index in [4.69, 9.17) is 14.6 Å². The van der Waals surface area contributed by atoms with E-state index in [1.807, 2.05) is 0 Å². The molecule has 1 heterocycles. The number of benzene rings is 2. The van der Waals surface area contributed by atoms with E-state index in [0.29, 0.717) is 22.4 Å². The van der Waals surface area contributed by atoms with Crippen molar-refractivity contribution in [3.63, 3.8) is 0 Å². The Bertz CT molecular complexity index is 821. The van der Waals surface area contributed by atoms with E-state index >= 15 is 0 Å². The van der Waals surface area contributed by atoms with Crippen LogP contribution in [0.3, 0.4) is 0 Å². The standard InChI is InChI=1S/C20H22O8/c21-10-15-17(24)18(25)19(26)20(28-15)27-14-7-2-1-6-13(14)12-5-3-4-11(8-12)9-16(22)23/h1-8,15,17-21,24-26H,9-10H2,(H,22,23)/t15-,17?,18?,19+,20?/m1/s1. The fraction of sp³-hybridized carbons (Fsp3) is 0.350.